The number of hydrogen-bond donors (Lipinski definition) is 2. The van der Waals surface area contributed by atoms with Crippen LogP contribution in [0.2, 0.25) is 0 Å². The molecular formula is C15H14FNO2. The van der Waals surface area contributed by atoms with Gasteiger partial charge in [0, 0.05) is 6.54 Å². The minimum Gasteiger partial charge on any atom is -0.508 e. The predicted molar refractivity (Wildman–Crippen MR) is 70.1 cm³/mol. The van der Waals surface area contributed by atoms with Crippen molar-refractivity contribution in [2.24, 2.45) is 0 Å². The first-order valence-electron chi connectivity index (χ1n) is 5.92. The molecule has 2 aromatic rings. The second-order valence-corrected chi connectivity index (χ2v) is 4.25. The molecule has 0 aliphatic carbocycles. The Balaban J connectivity index is 1.86. The van der Waals surface area contributed by atoms with Crippen molar-refractivity contribution in [3.8, 4) is 5.75 Å². The Bertz CT molecular complexity index is 567. The summed E-state index contributed by atoms with van der Waals surface area (Å²) < 4.78 is 13.0. The highest BCUT2D eigenvalue weighted by Gasteiger charge is 2.04. The molecule has 0 aliphatic heterocycles. The molecule has 0 saturated carbocycles. The molecular weight excluding hydrogens is 245 g/mol. The zero-order valence-corrected chi connectivity index (χ0v) is 10.3. The molecule has 0 heterocycles. The van der Waals surface area contributed by atoms with Crippen LogP contribution in [-0.2, 0) is 17.8 Å². The van der Waals surface area contributed by atoms with E-state index in [2.05, 4.69) is 5.32 Å². The lowest BCUT2D eigenvalue weighted by Gasteiger charge is -2.06. The van der Waals surface area contributed by atoms with E-state index in [-0.39, 0.29) is 23.9 Å². The second kappa shape index (κ2) is 6.00. The van der Waals surface area contributed by atoms with Gasteiger partial charge in [-0.1, -0.05) is 24.3 Å². The Kier molecular flexibility index (Phi) is 4.13. The predicted octanol–water partition coefficient (Wildman–Crippen LogP) is 2.39. The van der Waals surface area contributed by atoms with Crippen molar-refractivity contribution in [1.29, 1.82) is 0 Å². The number of phenols is 1. The van der Waals surface area contributed by atoms with E-state index in [4.69, 9.17) is 5.11 Å². The third-order valence-corrected chi connectivity index (χ3v) is 2.68. The van der Waals surface area contributed by atoms with Crippen LogP contribution in [0.25, 0.3) is 0 Å². The number of hydrogen-bond acceptors (Lipinski definition) is 2. The van der Waals surface area contributed by atoms with Crippen LogP contribution in [0.1, 0.15) is 11.1 Å². The average Bonchev–Trinajstić information content (AvgIpc) is 2.38. The van der Waals surface area contributed by atoms with Gasteiger partial charge in [0.15, 0.2) is 0 Å². The number of rotatable bonds is 4. The van der Waals surface area contributed by atoms with Crippen LogP contribution in [0.15, 0.2) is 48.5 Å². The van der Waals surface area contributed by atoms with Gasteiger partial charge in [-0.3, -0.25) is 4.79 Å². The lowest BCUT2D eigenvalue weighted by atomic mass is 10.1. The summed E-state index contributed by atoms with van der Waals surface area (Å²) >= 11 is 0. The number of halogens is 1. The second-order valence-electron chi connectivity index (χ2n) is 4.25. The highest BCUT2D eigenvalue weighted by atomic mass is 19.1. The zero-order valence-electron chi connectivity index (χ0n) is 10.3. The summed E-state index contributed by atoms with van der Waals surface area (Å²) in [5.74, 6) is -0.322. The number of aromatic hydroxyl groups is 1. The third-order valence-electron chi connectivity index (χ3n) is 2.68. The lowest BCUT2D eigenvalue weighted by molar-refractivity contribution is -0.120. The van der Waals surface area contributed by atoms with Crippen molar-refractivity contribution in [1.82, 2.24) is 5.32 Å². The lowest BCUT2D eigenvalue weighted by Crippen LogP contribution is -2.24. The van der Waals surface area contributed by atoms with Gasteiger partial charge < -0.3 is 10.4 Å². The molecule has 0 unspecified atom stereocenters. The van der Waals surface area contributed by atoms with Gasteiger partial charge in [-0.2, -0.15) is 0 Å². The largest absolute Gasteiger partial charge is 0.508 e. The molecule has 3 nitrogen and oxygen atoms in total. The van der Waals surface area contributed by atoms with Crippen LogP contribution in [0.3, 0.4) is 0 Å². The summed E-state index contributed by atoms with van der Waals surface area (Å²) in [4.78, 5) is 11.7. The van der Waals surface area contributed by atoms with Crippen molar-refractivity contribution in [2.45, 2.75) is 13.0 Å². The van der Waals surface area contributed by atoms with Gasteiger partial charge in [-0.05, 0) is 35.4 Å². The van der Waals surface area contributed by atoms with Gasteiger partial charge >= 0.3 is 0 Å². The van der Waals surface area contributed by atoms with E-state index in [0.717, 1.165) is 5.56 Å². The summed E-state index contributed by atoms with van der Waals surface area (Å²) in [5.41, 5.74) is 1.54. The number of phenolic OH excluding ortho intramolecular Hbond substituents is 1. The Morgan fingerprint density at radius 1 is 1.11 bits per heavy atom. The fourth-order valence-corrected chi connectivity index (χ4v) is 1.71. The topological polar surface area (TPSA) is 49.3 Å². The number of benzene rings is 2. The van der Waals surface area contributed by atoms with Crippen LogP contribution < -0.4 is 5.32 Å². The van der Waals surface area contributed by atoms with Crippen LogP contribution in [-0.4, -0.2) is 11.0 Å². The molecule has 2 N–H and O–H groups in total. The number of carbonyl (C=O) groups is 1. The molecule has 0 atom stereocenters. The fraction of sp³-hybridized carbons (Fsp3) is 0.133. The van der Waals surface area contributed by atoms with Gasteiger partial charge in [0.1, 0.15) is 11.6 Å². The van der Waals surface area contributed by atoms with Gasteiger partial charge in [0.25, 0.3) is 0 Å². The number of nitrogens with one attached hydrogen (secondary N) is 1. The molecule has 98 valence electrons. The first-order valence-corrected chi connectivity index (χ1v) is 5.92. The van der Waals surface area contributed by atoms with Crippen molar-refractivity contribution < 1.29 is 14.3 Å². The maximum Gasteiger partial charge on any atom is 0.224 e. The molecule has 0 saturated heterocycles. The van der Waals surface area contributed by atoms with Crippen LogP contribution >= 0.6 is 0 Å². The van der Waals surface area contributed by atoms with Gasteiger partial charge in [-0.15, -0.1) is 0 Å². The standard InChI is InChI=1S/C15H14FNO2/c16-13-3-1-2-12(8-13)9-15(19)17-10-11-4-6-14(18)7-5-11/h1-8,18H,9-10H2,(H,17,19). The Labute approximate surface area is 110 Å². The van der Waals surface area contributed by atoms with Gasteiger partial charge in [0.2, 0.25) is 5.91 Å². The molecule has 4 heteroatoms. The molecule has 19 heavy (non-hydrogen) atoms. The molecule has 1 amide bonds. The zero-order chi connectivity index (χ0) is 13.7. The molecule has 0 bridgehead atoms. The fourth-order valence-electron chi connectivity index (χ4n) is 1.71. The molecule has 0 fully saturated rings. The molecule has 0 aliphatic rings. The van der Waals surface area contributed by atoms with Crippen LogP contribution in [0, 0.1) is 5.82 Å². The summed E-state index contributed by atoms with van der Waals surface area (Å²) in [5, 5.41) is 11.9. The minimum atomic E-state index is -0.344. The Hall–Kier alpha value is -2.36. The van der Waals surface area contributed by atoms with Crippen molar-refractivity contribution in [2.75, 3.05) is 0 Å². The van der Waals surface area contributed by atoms with Crippen LogP contribution in [0.5, 0.6) is 5.75 Å². The first-order chi connectivity index (χ1) is 9.13. The number of carbonyl (C=O) groups excluding carboxylic acids is 1. The summed E-state index contributed by atoms with van der Waals surface area (Å²) in [6.45, 7) is 0.383. The highest BCUT2D eigenvalue weighted by molar-refractivity contribution is 5.78. The molecule has 0 radical (unpaired) electrons. The molecule has 2 rings (SSSR count). The van der Waals surface area contributed by atoms with E-state index in [0.29, 0.717) is 12.1 Å². The maximum atomic E-state index is 13.0. The Morgan fingerprint density at radius 3 is 2.53 bits per heavy atom. The Morgan fingerprint density at radius 2 is 1.84 bits per heavy atom. The molecule has 0 spiro atoms. The van der Waals surface area contributed by atoms with E-state index >= 15 is 0 Å². The third kappa shape index (κ3) is 4.10. The van der Waals surface area contributed by atoms with Gasteiger partial charge in [0.05, 0.1) is 6.42 Å². The number of amides is 1. The van der Waals surface area contributed by atoms with E-state index < -0.39 is 0 Å². The van der Waals surface area contributed by atoms with Crippen molar-refractivity contribution in [3.63, 3.8) is 0 Å². The maximum absolute atomic E-state index is 13.0. The van der Waals surface area contributed by atoms with Crippen LogP contribution in [0.4, 0.5) is 4.39 Å². The monoisotopic (exact) mass is 259 g/mol. The van der Waals surface area contributed by atoms with Crippen molar-refractivity contribution >= 4 is 5.91 Å². The van der Waals surface area contributed by atoms with E-state index in [1.807, 2.05) is 0 Å². The highest BCUT2D eigenvalue weighted by Crippen LogP contribution is 2.09. The quantitative estimate of drug-likeness (QED) is 0.885. The first kappa shape index (κ1) is 13.1. The van der Waals surface area contributed by atoms with E-state index in [9.17, 15) is 9.18 Å². The van der Waals surface area contributed by atoms with Gasteiger partial charge in [-0.25, -0.2) is 4.39 Å². The van der Waals surface area contributed by atoms with E-state index in [1.54, 1.807) is 36.4 Å². The summed E-state index contributed by atoms with van der Waals surface area (Å²) in [6, 6.07) is 12.6. The SMILES string of the molecule is O=C(Cc1cccc(F)c1)NCc1ccc(O)cc1. The van der Waals surface area contributed by atoms with Crippen molar-refractivity contribution in [3.05, 3.63) is 65.5 Å². The summed E-state index contributed by atoms with van der Waals surface area (Å²) in [6.07, 6.45) is 0.149. The van der Waals surface area contributed by atoms with E-state index in [1.165, 1.54) is 12.1 Å². The normalized spacial score (nSPS) is 10.2. The smallest absolute Gasteiger partial charge is 0.224 e. The summed E-state index contributed by atoms with van der Waals surface area (Å²) in [7, 11) is 0. The molecule has 0 aromatic heterocycles. The molecule has 2 aromatic carbocycles. The average molecular weight is 259 g/mol. The minimum absolute atomic E-state index is 0.149.